The Hall–Kier alpha value is -2.45. The number of fused-ring (bicyclic) bond motifs is 1. The summed E-state index contributed by atoms with van der Waals surface area (Å²) >= 11 is 0. The monoisotopic (exact) mass is 460 g/mol. The lowest BCUT2D eigenvalue weighted by Gasteiger charge is -2.34. The van der Waals surface area contributed by atoms with Gasteiger partial charge in [0.2, 0.25) is 0 Å². The molecule has 0 amide bonds. The van der Waals surface area contributed by atoms with E-state index in [0.717, 1.165) is 16.6 Å². The second-order valence-corrected chi connectivity index (χ2v) is 10.8. The van der Waals surface area contributed by atoms with E-state index >= 15 is 0 Å². The Balaban J connectivity index is 0.00000119. The molecule has 1 atom stereocenters. The van der Waals surface area contributed by atoms with Crippen LogP contribution in [0.1, 0.15) is 33.1 Å². The molecular weight excluding hydrogens is 430 g/mol. The molecule has 0 radical (unpaired) electrons. The smallest absolute Gasteiger partial charge is 0.266 e. The largest absolute Gasteiger partial charge is 0.365 e. The van der Waals surface area contributed by atoms with E-state index in [0.29, 0.717) is 29.0 Å². The zero-order valence-corrected chi connectivity index (χ0v) is 19.2. The molecule has 4 N–H and O–H groups in total. The van der Waals surface area contributed by atoms with E-state index in [4.69, 9.17) is 10.5 Å². The van der Waals surface area contributed by atoms with Crippen LogP contribution in [-0.2, 0) is 9.73 Å². The molecule has 2 aliphatic rings. The molecule has 8 heteroatoms. The number of rotatable bonds is 4. The van der Waals surface area contributed by atoms with Gasteiger partial charge in [-0.15, -0.1) is 0 Å². The number of anilines is 1. The van der Waals surface area contributed by atoms with Crippen LogP contribution in [0.2, 0.25) is 0 Å². The molecule has 1 unspecified atom stereocenters. The van der Waals surface area contributed by atoms with Gasteiger partial charge in [-0.3, -0.25) is 0 Å². The number of halogens is 2. The van der Waals surface area contributed by atoms with Gasteiger partial charge >= 0.3 is 0 Å². The Labute approximate surface area is 188 Å². The third-order valence-corrected chi connectivity index (χ3v) is 8.53. The van der Waals surface area contributed by atoms with Crippen molar-refractivity contribution in [1.29, 1.82) is 4.78 Å². The van der Waals surface area contributed by atoms with Crippen molar-refractivity contribution in [2.45, 2.75) is 55.2 Å². The van der Waals surface area contributed by atoms with E-state index in [-0.39, 0.29) is 30.8 Å². The van der Waals surface area contributed by atoms with Crippen molar-refractivity contribution < 1.29 is 13.0 Å². The van der Waals surface area contributed by atoms with E-state index in [1.54, 1.807) is 23.1 Å². The molecule has 3 aromatic rings. The van der Waals surface area contributed by atoms with Crippen LogP contribution in [0.5, 0.6) is 0 Å². The molecule has 0 bridgehead atoms. The van der Waals surface area contributed by atoms with Crippen LogP contribution in [0.4, 0.5) is 14.5 Å². The Morgan fingerprint density at radius 2 is 1.88 bits per heavy atom. The van der Waals surface area contributed by atoms with Crippen molar-refractivity contribution in [2.24, 2.45) is 5.73 Å². The standard InChI is InChI=1S/C22H24F2N4OS.C2H6/c23-22(24)7-8-28(13-22)21-6-5-16(30(26,29)17-10-15(25)11-17)12-18(21)20-9-14-3-1-2-4-19(14)27-20;1-2/h1-6,9,12,15,17,26-27H,7-8,10-11,13,25H2;1-2H3. The second-order valence-electron chi connectivity index (χ2n) is 8.43. The van der Waals surface area contributed by atoms with E-state index in [1.165, 1.54) is 0 Å². The number of nitrogens with two attached hydrogens (primary N) is 1. The third kappa shape index (κ3) is 4.13. The van der Waals surface area contributed by atoms with Crippen molar-refractivity contribution in [3.63, 3.8) is 0 Å². The molecule has 5 nitrogen and oxygen atoms in total. The minimum absolute atomic E-state index is 0.000422. The summed E-state index contributed by atoms with van der Waals surface area (Å²) in [4.78, 5) is 5.46. The molecule has 5 rings (SSSR count). The first-order chi connectivity index (χ1) is 15.2. The van der Waals surface area contributed by atoms with Gasteiger partial charge in [-0.2, -0.15) is 0 Å². The molecular formula is C24H30F2N4OS. The molecule has 1 aliphatic carbocycles. The molecule has 172 valence electrons. The summed E-state index contributed by atoms with van der Waals surface area (Å²) in [5.41, 5.74) is 8.92. The lowest BCUT2D eigenvalue weighted by Crippen LogP contribution is -2.44. The van der Waals surface area contributed by atoms with Crippen LogP contribution in [0, 0.1) is 4.78 Å². The summed E-state index contributed by atoms with van der Waals surface area (Å²) in [5, 5.41) is 0.747. The normalized spacial score (nSPS) is 23.8. The van der Waals surface area contributed by atoms with Gasteiger partial charge in [-0.25, -0.2) is 17.8 Å². The zero-order valence-electron chi connectivity index (χ0n) is 18.4. The Bertz CT molecular complexity index is 1180. The van der Waals surface area contributed by atoms with Gasteiger partial charge in [0.1, 0.15) is 0 Å². The Morgan fingerprint density at radius 1 is 1.16 bits per heavy atom. The summed E-state index contributed by atoms with van der Waals surface area (Å²) in [5.74, 6) is -2.72. The zero-order chi connectivity index (χ0) is 23.1. The molecule has 1 aromatic heterocycles. The molecule has 1 aliphatic heterocycles. The maximum atomic E-state index is 13.9. The Kier molecular flexibility index (Phi) is 6.02. The number of nitrogens with one attached hydrogen (secondary N) is 2. The number of H-pyrrole nitrogens is 1. The van der Waals surface area contributed by atoms with Gasteiger partial charge in [0, 0.05) is 51.8 Å². The molecule has 2 aromatic carbocycles. The average molecular weight is 461 g/mol. The van der Waals surface area contributed by atoms with Crippen LogP contribution >= 0.6 is 0 Å². The van der Waals surface area contributed by atoms with Gasteiger partial charge in [0.05, 0.1) is 21.5 Å². The summed E-state index contributed by atoms with van der Waals surface area (Å²) < 4.78 is 49.6. The summed E-state index contributed by atoms with van der Waals surface area (Å²) in [6, 6.07) is 14.9. The first kappa shape index (κ1) is 22.7. The van der Waals surface area contributed by atoms with Gasteiger partial charge in [0.25, 0.3) is 5.92 Å². The van der Waals surface area contributed by atoms with E-state index in [1.807, 2.05) is 44.2 Å². The number of hydrogen-bond donors (Lipinski definition) is 3. The summed E-state index contributed by atoms with van der Waals surface area (Å²) in [7, 11) is -3.02. The quantitative estimate of drug-likeness (QED) is 0.474. The van der Waals surface area contributed by atoms with Gasteiger partial charge < -0.3 is 15.6 Å². The predicted molar refractivity (Wildman–Crippen MR) is 127 cm³/mol. The average Bonchev–Trinajstić information content (AvgIpc) is 3.35. The Morgan fingerprint density at radius 3 is 2.50 bits per heavy atom. The molecule has 0 spiro atoms. The van der Waals surface area contributed by atoms with E-state index in [2.05, 4.69) is 4.98 Å². The topological polar surface area (TPSA) is 86.0 Å². The SMILES string of the molecule is CC.N=S(=O)(c1ccc(N2CCC(F)(F)C2)c(-c2cc3ccccc3[nH]2)c1)C1CC(N)C1. The van der Waals surface area contributed by atoms with Crippen LogP contribution in [0.25, 0.3) is 22.2 Å². The lowest BCUT2D eigenvalue weighted by atomic mass is 9.93. The first-order valence-corrected chi connectivity index (χ1v) is 12.7. The van der Waals surface area contributed by atoms with E-state index in [9.17, 15) is 13.0 Å². The highest BCUT2D eigenvalue weighted by Crippen LogP contribution is 2.40. The highest BCUT2D eigenvalue weighted by molar-refractivity contribution is 7.93. The minimum Gasteiger partial charge on any atom is -0.365 e. The van der Waals surface area contributed by atoms with Gasteiger partial charge in [-0.1, -0.05) is 32.0 Å². The molecule has 1 saturated carbocycles. The van der Waals surface area contributed by atoms with Crippen LogP contribution in [0.3, 0.4) is 0 Å². The fourth-order valence-electron chi connectivity index (χ4n) is 4.43. The third-order valence-electron chi connectivity index (χ3n) is 6.25. The second kappa shape index (κ2) is 8.48. The fourth-order valence-corrected chi connectivity index (χ4v) is 6.41. The van der Waals surface area contributed by atoms with Crippen LogP contribution in [0.15, 0.2) is 53.4 Å². The van der Waals surface area contributed by atoms with Gasteiger partial charge in [-0.05, 0) is 43.2 Å². The minimum atomic E-state index is -3.02. The highest BCUT2D eigenvalue weighted by Gasteiger charge is 2.40. The summed E-state index contributed by atoms with van der Waals surface area (Å²) in [6.45, 7) is 3.92. The van der Waals surface area contributed by atoms with Crippen molar-refractivity contribution in [3.05, 3.63) is 48.5 Å². The predicted octanol–water partition coefficient (Wildman–Crippen LogP) is 5.60. The lowest BCUT2D eigenvalue weighted by molar-refractivity contribution is 0.0257. The number of aromatic nitrogens is 1. The van der Waals surface area contributed by atoms with Crippen LogP contribution < -0.4 is 10.6 Å². The molecule has 1 saturated heterocycles. The van der Waals surface area contributed by atoms with Crippen molar-refractivity contribution >= 4 is 26.3 Å². The summed E-state index contributed by atoms with van der Waals surface area (Å²) in [6.07, 6.45) is 0.963. The number of hydrogen-bond acceptors (Lipinski definition) is 4. The number of alkyl halides is 2. The van der Waals surface area contributed by atoms with Crippen molar-refractivity contribution in [2.75, 3.05) is 18.0 Å². The molecule has 2 fully saturated rings. The molecule has 2 heterocycles. The van der Waals surface area contributed by atoms with Gasteiger partial charge in [0.15, 0.2) is 0 Å². The maximum Gasteiger partial charge on any atom is 0.266 e. The maximum absolute atomic E-state index is 13.9. The molecule has 32 heavy (non-hydrogen) atoms. The number of aromatic amines is 1. The fraction of sp³-hybridized carbons (Fsp3) is 0.417. The first-order valence-electron chi connectivity index (χ1n) is 11.1. The van der Waals surface area contributed by atoms with Crippen molar-refractivity contribution in [1.82, 2.24) is 4.98 Å². The van der Waals surface area contributed by atoms with E-state index < -0.39 is 15.7 Å². The highest BCUT2D eigenvalue weighted by atomic mass is 32.2. The van der Waals surface area contributed by atoms with Crippen LogP contribution in [-0.4, -0.2) is 39.5 Å². The number of benzene rings is 2. The van der Waals surface area contributed by atoms with Crippen molar-refractivity contribution in [3.8, 4) is 11.3 Å². The number of para-hydroxylation sites is 1. The number of nitrogens with zero attached hydrogens (tertiary/aromatic N) is 1.